The van der Waals surface area contributed by atoms with E-state index in [1.807, 2.05) is 12.3 Å². The highest BCUT2D eigenvalue weighted by Crippen LogP contribution is 2.36. The Hall–Kier alpha value is -3.91. The molecule has 6 rings (SSSR count). The monoisotopic (exact) mass is 370 g/mol. The lowest BCUT2D eigenvalue weighted by atomic mass is 9.99. The van der Waals surface area contributed by atoms with Crippen LogP contribution in [0.5, 0.6) is 0 Å². The molecule has 2 heteroatoms. The first-order chi connectivity index (χ1) is 14.4. The van der Waals surface area contributed by atoms with E-state index >= 15 is 0 Å². The summed E-state index contributed by atoms with van der Waals surface area (Å²) in [4.78, 5) is 4.52. The number of hydrogen-bond donors (Lipinski definition) is 0. The Morgan fingerprint density at radius 1 is 0.552 bits per heavy atom. The average molecular weight is 370 g/mol. The third-order valence-corrected chi connectivity index (χ3v) is 5.65. The van der Waals surface area contributed by atoms with Crippen LogP contribution in [-0.4, -0.2) is 9.55 Å². The topological polar surface area (TPSA) is 17.8 Å². The van der Waals surface area contributed by atoms with Crippen molar-refractivity contribution in [2.24, 2.45) is 0 Å². The van der Waals surface area contributed by atoms with Gasteiger partial charge in [-0.2, -0.15) is 0 Å². The van der Waals surface area contributed by atoms with Gasteiger partial charge >= 0.3 is 0 Å². The van der Waals surface area contributed by atoms with Crippen molar-refractivity contribution < 1.29 is 0 Å². The first-order valence-electron chi connectivity index (χ1n) is 9.83. The summed E-state index contributed by atoms with van der Waals surface area (Å²) in [6, 6.07) is 36.4. The number of benzene rings is 4. The average Bonchev–Trinajstić information content (AvgIpc) is 3.13. The molecule has 0 atom stereocenters. The molecule has 0 unspecified atom stereocenters. The minimum atomic E-state index is 1.02. The van der Waals surface area contributed by atoms with Crippen LogP contribution in [-0.2, 0) is 0 Å². The van der Waals surface area contributed by atoms with E-state index < -0.39 is 0 Å². The van der Waals surface area contributed by atoms with Crippen LogP contribution in [0.3, 0.4) is 0 Å². The van der Waals surface area contributed by atoms with Crippen molar-refractivity contribution in [3.63, 3.8) is 0 Å². The zero-order valence-corrected chi connectivity index (χ0v) is 15.8. The molecule has 6 aromatic rings. The first-order valence-corrected chi connectivity index (χ1v) is 9.83. The molecule has 136 valence electrons. The molecular formula is C27H18N2. The van der Waals surface area contributed by atoms with Crippen molar-refractivity contribution in [3.05, 3.63) is 109 Å². The number of hydrogen-bond acceptors (Lipinski definition) is 1. The lowest BCUT2D eigenvalue weighted by molar-refractivity contribution is 1.18. The summed E-state index contributed by atoms with van der Waals surface area (Å²) >= 11 is 0. The Kier molecular flexibility index (Phi) is 3.50. The summed E-state index contributed by atoms with van der Waals surface area (Å²) in [6.07, 6.45) is 1.90. The maximum atomic E-state index is 4.52. The van der Waals surface area contributed by atoms with Crippen LogP contribution in [0.15, 0.2) is 109 Å². The third-order valence-electron chi connectivity index (χ3n) is 5.65. The fraction of sp³-hybridized carbons (Fsp3) is 0. The van der Waals surface area contributed by atoms with Crippen molar-refractivity contribution in [3.8, 4) is 16.8 Å². The van der Waals surface area contributed by atoms with E-state index in [4.69, 9.17) is 0 Å². The summed E-state index contributed by atoms with van der Waals surface area (Å²) in [5, 5.41) is 3.72. The molecule has 0 N–H and O–H groups in total. The Morgan fingerprint density at radius 2 is 1.28 bits per heavy atom. The summed E-state index contributed by atoms with van der Waals surface area (Å²) in [5.41, 5.74) is 7.09. The summed E-state index contributed by atoms with van der Waals surface area (Å²) in [5.74, 6) is 0. The van der Waals surface area contributed by atoms with Crippen molar-refractivity contribution in [1.29, 1.82) is 0 Å². The second-order valence-corrected chi connectivity index (χ2v) is 7.30. The summed E-state index contributed by atoms with van der Waals surface area (Å²) in [6.45, 7) is 0. The molecule has 0 spiro atoms. The van der Waals surface area contributed by atoms with Crippen LogP contribution in [0.2, 0.25) is 0 Å². The van der Waals surface area contributed by atoms with Crippen LogP contribution >= 0.6 is 0 Å². The Labute approximate surface area is 168 Å². The zero-order valence-electron chi connectivity index (χ0n) is 15.8. The largest absolute Gasteiger partial charge is 0.309 e. The van der Waals surface area contributed by atoms with Gasteiger partial charge in [0, 0.05) is 28.0 Å². The molecular weight excluding hydrogens is 352 g/mol. The van der Waals surface area contributed by atoms with Gasteiger partial charge in [0.25, 0.3) is 0 Å². The van der Waals surface area contributed by atoms with Gasteiger partial charge in [0.05, 0.1) is 16.6 Å². The maximum Gasteiger partial charge on any atom is 0.0708 e. The van der Waals surface area contributed by atoms with Gasteiger partial charge in [0.1, 0.15) is 0 Å². The number of fused-ring (bicyclic) bond motifs is 4. The number of aromatic nitrogens is 2. The third kappa shape index (κ3) is 2.46. The van der Waals surface area contributed by atoms with E-state index in [-0.39, 0.29) is 0 Å². The molecule has 2 heterocycles. The Morgan fingerprint density at radius 3 is 2.17 bits per heavy atom. The molecule has 0 aliphatic heterocycles. The highest BCUT2D eigenvalue weighted by Gasteiger charge is 2.13. The SMILES string of the molecule is c1ccc(-n2c3ccccc3c3cc(-c4ccnc5ccccc45)ccc32)cc1. The lowest BCUT2D eigenvalue weighted by Crippen LogP contribution is -1.92. The van der Waals surface area contributed by atoms with Crippen LogP contribution in [0.4, 0.5) is 0 Å². The molecule has 0 aliphatic rings. The molecule has 2 aromatic heterocycles. The molecule has 0 fully saturated rings. The minimum absolute atomic E-state index is 1.02. The van der Waals surface area contributed by atoms with Crippen molar-refractivity contribution in [2.45, 2.75) is 0 Å². The number of para-hydroxylation sites is 3. The van der Waals surface area contributed by atoms with Gasteiger partial charge in [0.15, 0.2) is 0 Å². The second-order valence-electron chi connectivity index (χ2n) is 7.30. The van der Waals surface area contributed by atoms with Gasteiger partial charge in [-0.1, -0.05) is 60.7 Å². The Balaban J connectivity index is 1.68. The molecule has 0 radical (unpaired) electrons. The first kappa shape index (κ1) is 16.1. The van der Waals surface area contributed by atoms with Crippen LogP contribution in [0.1, 0.15) is 0 Å². The number of rotatable bonds is 2. The van der Waals surface area contributed by atoms with Crippen molar-refractivity contribution in [2.75, 3.05) is 0 Å². The molecule has 0 bridgehead atoms. The van der Waals surface area contributed by atoms with Crippen LogP contribution < -0.4 is 0 Å². The van der Waals surface area contributed by atoms with Crippen molar-refractivity contribution >= 4 is 32.7 Å². The molecule has 29 heavy (non-hydrogen) atoms. The standard InChI is InChI=1S/C27H18N2/c1-2-8-20(9-3-1)29-26-13-7-5-11-23(26)24-18-19(14-15-27(24)29)21-16-17-28-25-12-6-4-10-22(21)25/h1-18H. The predicted octanol–water partition coefficient (Wildman–Crippen LogP) is 7.00. The van der Waals surface area contributed by atoms with Gasteiger partial charge in [-0.3, -0.25) is 4.98 Å². The van der Waals surface area contributed by atoms with E-state index in [9.17, 15) is 0 Å². The molecule has 0 aliphatic carbocycles. The zero-order chi connectivity index (χ0) is 19.2. The van der Waals surface area contributed by atoms with E-state index in [1.54, 1.807) is 0 Å². The highest BCUT2D eigenvalue weighted by molar-refractivity contribution is 6.11. The fourth-order valence-corrected chi connectivity index (χ4v) is 4.34. The summed E-state index contributed by atoms with van der Waals surface area (Å²) < 4.78 is 2.35. The molecule has 0 saturated heterocycles. The fourth-order valence-electron chi connectivity index (χ4n) is 4.34. The molecule has 2 nitrogen and oxygen atoms in total. The second kappa shape index (κ2) is 6.32. The highest BCUT2D eigenvalue weighted by atomic mass is 15.0. The number of pyridine rings is 1. The van der Waals surface area contributed by atoms with Gasteiger partial charge in [-0.05, 0) is 53.6 Å². The predicted molar refractivity (Wildman–Crippen MR) is 122 cm³/mol. The van der Waals surface area contributed by atoms with Crippen LogP contribution in [0.25, 0.3) is 49.5 Å². The summed E-state index contributed by atoms with van der Waals surface area (Å²) in [7, 11) is 0. The van der Waals surface area contributed by atoms with E-state index in [2.05, 4.69) is 107 Å². The van der Waals surface area contributed by atoms with E-state index in [0.29, 0.717) is 0 Å². The van der Waals surface area contributed by atoms with Gasteiger partial charge < -0.3 is 4.57 Å². The Bertz CT molecular complexity index is 1490. The van der Waals surface area contributed by atoms with E-state index in [1.165, 1.54) is 44.0 Å². The van der Waals surface area contributed by atoms with Gasteiger partial charge in [0.2, 0.25) is 0 Å². The van der Waals surface area contributed by atoms with Crippen LogP contribution in [0, 0.1) is 0 Å². The quantitative estimate of drug-likeness (QED) is 0.321. The lowest BCUT2D eigenvalue weighted by Gasteiger charge is -2.09. The van der Waals surface area contributed by atoms with Gasteiger partial charge in [-0.25, -0.2) is 0 Å². The maximum absolute atomic E-state index is 4.52. The smallest absolute Gasteiger partial charge is 0.0708 e. The number of nitrogens with zero attached hydrogens (tertiary/aromatic N) is 2. The molecule has 4 aromatic carbocycles. The minimum Gasteiger partial charge on any atom is -0.309 e. The van der Waals surface area contributed by atoms with Crippen molar-refractivity contribution in [1.82, 2.24) is 9.55 Å². The molecule has 0 saturated carbocycles. The normalized spacial score (nSPS) is 11.4. The molecule has 0 amide bonds. The van der Waals surface area contributed by atoms with Gasteiger partial charge in [-0.15, -0.1) is 0 Å². The van der Waals surface area contributed by atoms with E-state index in [0.717, 1.165) is 5.52 Å².